The van der Waals surface area contributed by atoms with Gasteiger partial charge in [0, 0.05) is 11.8 Å². The molecule has 42 heavy (non-hydrogen) atoms. The molecule has 0 aliphatic carbocycles. The van der Waals surface area contributed by atoms with Crippen LogP contribution in [-0.2, 0) is 27.1 Å². The fraction of sp³-hybridized carbons (Fsp3) is 0.400. The number of ether oxygens (including phenoxy) is 4. The van der Waals surface area contributed by atoms with E-state index in [-0.39, 0.29) is 36.0 Å². The molecule has 2 aliphatic rings. The summed E-state index contributed by atoms with van der Waals surface area (Å²) in [5.41, 5.74) is -3.40. The largest absolute Gasteiger partial charge is 0.489 e. The number of carbonyl (C=O) groups is 3. The lowest BCUT2D eigenvalue weighted by Gasteiger charge is -2.36. The molecular formula is C30H29F3N2O7. The van der Waals surface area contributed by atoms with Gasteiger partial charge in [-0.3, -0.25) is 9.69 Å². The van der Waals surface area contributed by atoms with Gasteiger partial charge in [0.05, 0.1) is 31.2 Å². The van der Waals surface area contributed by atoms with Crippen LogP contribution in [0.4, 0.5) is 18.0 Å². The molecule has 2 atom stereocenters. The van der Waals surface area contributed by atoms with E-state index >= 15 is 0 Å². The van der Waals surface area contributed by atoms with Crippen LogP contribution in [0, 0.1) is 0 Å². The average molecular weight is 587 g/mol. The molecule has 3 aromatic rings. The van der Waals surface area contributed by atoms with Crippen LogP contribution in [0.25, 0.3) is 10.9 Å². The second-order valence-corrected chi connectivity index (χ2v) is 11.4. The van der Waals surface area contributed by atoms with Crippen LogP contribution in [-0.4, -0.2) is 58.6 Å². The summed E-state index contributed by atoms with van der Waals surface area (Å²) in [7, 11) is 1.12. The molecule has 0 radical (unpaired) electrons. The van der Waals surface area contributed by atoms with Crippen LogP contribution in [0.3, 0.4) is 0 Å². The maximum Gasteiger partial charge on any atom is 0.437 e. The molecule has 1 amide bonds. The number of aromatic nitrogens is 1. The van der Waals surface area contributed by atoms with E-state index in [1.54, 1.807) is 20.8 Å². The SMILES string of the molecule is COC(=O)[C@@H]1CC2(CC(=O)c3c(c(C(F)(F)F)nc4ccc(OCc5ccccc5)cc34)O2)CN1C(=O)OC(C)(C)C. The maximum absolute atomic E-state index is 14.3. The van der Waals surface area contributed by atoms with Crippen molar-refractivity contribution in [1.29, 1.82) is 0 Å². The first kappa shape index (κ1) is 29.2. The summed E-state index contributed by atoms with van der Waals surface area (Å²) in [6, 6.07) is 12.3. The van der Waals surface area contributed by atoms with Gasteiger partial charge in [0.1, 0.15) is 29.6 Å². The van der Waals surface area contributed by atoms with Gasteiger partial charge in [-0.25, -0.2) is 14.6 Å². The Labute approximate surface area is 239 Å². The second kappa shape index (κ2) is 10.5. The van der Waals surface area contributed by atoms with Crippen molar-refractivity contribution in [2.24, 2.45) is 0 Å². The van der Waals surface area contributed by atoms with E-state index in [2.05, 4.69) is 4.98 Å². The number of fused-ring (bicyclic) bond motifs is 3. The van der Waals surface area contributed by atoms with Crippen LogP contribution < -0.4 is 9.47 Å². The number of hydrogen-bond donors (Lipinski definition) is 0. The third-order valence-corrected chi connectivity index (χ3v) is 7.01. The van der Waals surface area contributed by atoms with E-state index in [1.807, 2.05) is 30.3 Å². The lowest BCUT2D eigenvalue weighted by Crippen LogP contribution is -2.47. The van der Waals surface area contributed by atoms with E-state index in [0.717, 1.165) is 17.6 Å². The Balaban J connectivity index is 1.56. The molecule has 2 aromatic carbocycles. The van der Waals surface area contributed by atoms with Gasteiger partial charge in [-0.1, -0.05) is 30.3 Å². The van der Waals surface area contributed by atoms with Crippen molar-refractivity contribution in [2.75, 3.05) is 13.7 Å². The summed E-state index contributed by atoms with van der Waals surface area (Å²) in [6.07, 6.45) is -6.52. The number of amides is 1. The summed E-state index contributed by atoms with van der Waals surface area (Å²) in [6.45, 7) is 4.72. The van der Waals surface area contributed by atoms with E-state index < -0.39 is 59.1 Å². The summed E-state index contributed by atoms with van der Waals surface area (Å²) in [4.78, 5) is 44.2. The number of rotatable bonds is 4. The van der Waals surface area contributed by atoms with Gasteiger partial charge < -0.3 is 18.9 Å². The van der Waals surface area contributed by atoms with Crippen molar-refractivity contribution in [1.82, 2.24) is 9.88 Å². The van der Waals surface area contributed by atoms with Gasteiger partial charge in [-0.15, -0.1) is 0 Å². The maximum atomic E-state index is 14.3. The molecule has 9 nitrogen and oxygen atoms in total. The number of halogens is 3. The minimum atomic E-state index is -4.97. The van der Waals surface area contributed by atoms with Crippen molar-refractivity contribution in [3.8, 4) is 11.5 Å². The number of nitrogens with zero attached hydrogens (tertiary/aromatic N) is 2. The summed E-state index contributed by atoms with van der Waals surface area (Å²) < 4.78 is 65.0. The normalized spacial score (nSPS) is 20.3. The number of Topliss-reactive ketones (excluding diaryl/α,β-unsaturated/α-hetero) is 1. The number of ketones is 1. The van der Waals surface area contributed by atoms with Crippen LogP contribution in [0.5, 0.6) is 11.5 Å². The Morgan fingerprint density at radius 1 is 1.12 bits per heavy atom. The topological polar surface area (TPSA) is 104 Å². The Kier molecular flexibility index (Phi) is 7.28. The molecule has 0 N–H and O–H groups in total. The van der Waals surface area contributed by atoms with Gasteiger partial charge in [-0.05, 0) is 44.5 Å². The fourth-order valence-corrected chi connectivity index (χ4v) is 5.27. The average Bonchev–Trinajstić information content (AvgIpc) is 3.28. The number of hydrogen-bond acceptors (Lipinski definition) is 8. The van der Waals surface area contributed by atoms with Gasteiger partial charge in [-0.2, -0.15) is 13.2 Å². The van der Waals surface area contributed by atoms with E-state index in [1.165, 1.54) is 18.2 Å². The summed E-state index contributed by atoms with van der Waals surface area (Å²) in [5, 5.41) is 0.134. The number of alkyl halides is 3. The number of likely N-dealkylation sites (tertiary alicyclic amines) is 1. The molecule has 1 spiro atoms. The van der Waals surface area contributed by atoms with Crippen molar-refractivity contribution >= 4 is 28.7 Å². The predicted octanol–water partition coefficient (Wildman–Crippen LogP) is 5.72. The third-order valence-electron chi connectivity index (χ3n) is 7.01. The van der Waals surface area contributed by atoms with E-state index in [9.17, 15) is 27.6 Å². The van der Waals surface area contributed by atoms with Crippen molar-refractivity contribution in [2.45, 2.75) is 63.6 Å². The molecule has 1 aromatic heterocycles. The number of carbonyl (C=O) groups excluding carboxylic acids is 3. The molecule has 0 saturated carbocycles. The number of benzene rings is 2. The highest BCUT2D eigenvalue weighted by Crippen LogP contribution is 2.48. The monoisotopic (exact) mass is 586 g/mol. The zero-order valence-corrected chi connectivity index (χ0v) is 23.4. The zero-order chi connectivity index (χ0) is 30.4. The first-order chi connectivity index (χ1) is 19.7. The molecule has 1 fully saturated rings. The van der Waals surface area contributed by atoms with Crippen molar-refractivity contribution in [3.05, 3.63) is 65.4 Å². The van der Waals surface area contributed by atoms with E-state index in [4.69, 9.17) is 18.9 Å². The highest BCUT2D eigenvalue weighted by atomic mass is 19.4. The summed E-state index contributed by atoms with van der Waals surface area (Å²) >= 11 is 0. The molecule has 2 aliphatic heterocycles. The zero-order valence-electron chi connectivity index (χ0n) is 23.4. The minimum absolute atomic E-state index is 0.0599. The Bertz CT molecular complexity index is 1550. The number of pyridine rings is 1. The van der Waals surface area contributed by atoms with Gasteiger partial charge in [0.15, 0.2) is 17.2 Å². The fourth-order valence-electron chi connectivity index (χ4n) is 5.27. The second-order valence-electron chi connectivity index (χ2n) is 11.4. The molecule has 5 rings (SSSR count). The van der Waals surface area contributed by atoms with Crippen LogP contribution in [0.1, 0.15) is 55.2 Å². The molecule has 1 saturated heterocycles. The van der Waals surface area contributed by atoms with Crippen molar-refractivity contribution < 1.29 is 46.5 Å². The first-order valence-corrected chi connectivity index (χ1v) is 13.2. The van der Waals surface area contributed by atoms with Gasteiger partial charge >= 0.3 is 18.2 Å². The van der Waals surface area contributed by atoms with E-state index in [0.29, 0.717) is 5.75 Å². The molecule has 1 unspecified atom stereocenters. The number of methoxy groups -OCH3 is 1. The molecule has 0 bridgehead atoms. The van der Waals surface area contributed by atoms with Crippen LogP contribution in [0.15, 0.2) is 48.5 Å². The van der Waals surface area contributed by atoms with Gasteiger partial charge in [0.25, 0.3) is 0 Å². The van der Waals surface area contributed by atoms with Crippen LogP contribution >= 0.6 is 0 Å². The smallest absolute Gasteiger partial charge is 0.437 e. The Morgan fingerprint density at radius 2 is 1.83 bits per heavy atom. The molecule has 222 valence electrons. The Morgan fingerprint density at radius 3 is 2.48 bits per heavy atom. The Hall–Kier alpha value is -4.35. The molecular weight excluding hydrogens is 557 g/mol. The van der Waals surface area contributed by atoms with Gasteiger partial charge in [0.2, 0.25) is 0 Å². The first-order valence-electron chi connectivity index (χ1n) is 13.2. The lowest BCUT2D eigenvalue weighted by atomic mass is 9.86. The quantitative estimate of drug-likeness (QED) is 0.358. The molecule has 12 heteroatoms. The molecule has 3 heterocycles. The van der Waals surface area contributed by atoms with Crippen molar-refractivity contribution in [3.63, 3.8) is 0 Å². The minimum Gasteiger partial charge on any atom is -0.489 e. The highest BCUT2D eigenvalue weighted by molar-refractivity contribution is 6.11. The standard InChI is InChI=1S/C30H29F3N2O7/c1-28(2,3)42-27(38)35-16-29(13-21(35)26(37)39-4)14-22(36)23-19-12-18(40-15-17-8-6-5-7-9-17)10-11-20(19)34-25(24(23)41-29)30(31,32)33/h5-12,21H,13-16H2,1-4H3/t21-,29?/m0/s1. The number of esters is 1. The lowest BCUT2D eigenvalue weighted by molar-refractivity contribution is -0.146. The summed E-state index contributed by atoms with van der Waals surface area (Å²) in [5.74, 6) is -1.89. The van der Waals surface area contributed by atoms with Crippen LogP contribution in [0.2, 0.25) is 0 Å². The highest BCUT2D eigenvalue weighted by Gasteiger charge is 2.56. The third kappa shape index (κ3) is 5.70. The predicted molar refractivity (Wildman–Crippen MR) is 143 cm³/mol.